The van der Waals surface area contributed by atoms with Gasteiger partial charge in [-0.15, -0.1) is 11.3 Å². The largest absolute Gasteiger partial charge is 0.361 e. The average molecular weight is 402 g/mol. The lowest BCUT2D eigenvalue weighted by Crippen LogP contribution is -2.36. The van der Waals surface area contributed by atoms with Gasteiger partial charge in [0.05, 0.1) is 11.3 Å². The zero-order chi connectivity index (χ0) is 19.7. The van der Waals surface area contributed by atoms with E-state index in [4.69, 9.17) is 4.52 Å². The standard InChI is InChI=1S/C22H31N3O2S/c1-4-5-7-17-8-6-10-25(17)22(26)20-14-28-21-13-24(11-9-18(20)21)12-19-15(2)23-27-16(19)3/h14,17H,4-13H2,1-3H3. The summed E-state index contributed by atoms with van der Waals surface area (Å²) in [5.74, 6) is 1.19. The van der Waals surface area contributed by atoms with Gasteiger partial charge in [-0.3, -0.25) is 9.69 Å². The molecule has 2 aromatic heterocycles. The molecule has 6 heteroatoms. The number of carbonyl (C=O) groups excluding carboxylic acids is 1. The molecule has 1 atom stereocenters. The molecule has 1 fully saturated rings. The van der Waals surface area contributed by atoms with Crippen LogP contribution in [0.3, 0.4) is 0 Å². The summed E-state index contributed by atoms with van der Waals surface area (Å²) in [6.07, 6.45) is 6.84. The smallest absolute Gasteiger partial charge is 0.255 e. The number of fused-ring (bicyclic) bond motifs is 1. The number of thiophene rings is 1. The number of aryl methyl sites for hydroxylation is 2. The predicted octanol–water partition coefficient (Wildman–Crippen LogP) is 4.71. The minimum absolute atomic E-state index is 0.273. The number of amides is 1. The Labute approximate surface area is 171 Å². The molecular weight excluding hydrogens is 370 g/mol. The topological polar surface area (TPSA) is 49.6 Å². The van der Waals surface area contributed by atoms with E-state index in [0.717, 1.165) is 62.5 Å². The summed E-state index contributed by atoms with van der Waals surface area (Å²) in [5.41, 5.74) is 4.45. The molecule has 0 spiro atoms. The summed E-state index contributed by atoms with van der Waals surface area (Å²) in [5, 5.41) is 6.19. The van der Waals surface area contributed by atoms with Gasteiger partial charge in [-0.2, -0.15) is 0 Å². The van der Waals surface area contributed by atoms with Gasteiger partial charge in [-0.25, -0.2) is 0 Å². The first-order chi connectivity index (χ1) is 13.6. The van der Waals surface area contributed by atoms with Crippen LogP contribution in [0.1, 0.15) is 76.8 Å². The fourth-order valence-corrected chi connectivity index (χ4v) is 5.76. The molecule has 152 valence electrons. The Hall–Kier alpha value is -1.66. The maximum absolute atomic E-state index is 13.3. The van der Waals surface area contributed by atoms with E-state index >= 15 is 0 Å². The van der Waals surface area contributed by atoms with E-state index in [9.17, 15) is 4.79 Å². The second-order valence-electron chi connectivity index (χ2n) is 8.25. The Morgan fingerprint density at radius 2 is 2.21 bits per heavy atom. The maximum Gasteiger partial charge on any atom is 0.255 e. The lowest BCUT2D eigenvalue weighted by Gasteiger charge is -2.28. The summed E-state index contributed by atoms with van der Waals surface area (Å²) in [6, 6.07) is 0.447. The number of unbranched alkanes of at least 4 members (excludes halogenated alkanes) is 1. The van der Waals surface area contributed by atoms with Crippen LogP contribution in [0.15, 0.2) is 9.90 Å². The molecule has 1 unspecified atom stereocenters. The monoisotopic (exact) mass is 401 g/mol. The average Bonchev–Trinajstić information content (AvgIpc) is 3.40. The van der Waals surface area contributed by atoms with Crippen LogP contribution >= 0.6 is 11.3 Å². The first kappa shape index (κ1) is 19.6. The Kier molecular flexibility index (Phi) is 5.88. The number of carbonyl (C=O) groups is 1. The van der Waals surface area contributed by atoms with Crippen molar-refractivity contribution in [3.63, 3.8) is 0 Å². The molecule has 1 saturated heterocycles. The van der Waals surface area contributed by atoms with Gasteiger partial charge >= 0.3 is 0 Å². The summed E-state index contributed by atoms with van der Waals surface area (Å²) in [6.45, 7) is 9.91. The van der Waals surface area contributed by atoms with Crippen LogP contribution in [0, 0.1) is 13.8 Å². The Morgan fingerprint density at radius 1 is 1.36 bits per heavy atom. The van der Waals surface area contributed by atoms with Crippen LogP contribution in [0.2, 0.25) is 0 Å². The molecule has 2 aromatic rings. The number of hydrogen-bond donors (Lipinski definition) is 0. The van der Waals surface area contributed by atoms with Crippen LogP contribution in [0.4, 0.5) is 0 Å². The van der Waals surface area contributed by atoms with Gasteiger partial charge in [-0.1, -0.05) is 24.9 Å². The van der Waals surface area contributed by atoms with Crippen molar-refractivity contribution in [2.75, 3.05) is 13.1 Å². The Bertz CT molecular complexity index is 821. The van der Waals surface area contributed by atoms with Crippen LogP contribution < -0.4 is 0 Å². The second kappa shape index (κ2) is 8.37. The highest BCUT2D eigenvalue weighted by molar-refractivity contribution is 7.10. The van der Waals surface area contributed by atoms with Crippen molar-refractivity contribution in [3.8, 4) is 0 Å². The molecule has 4 heterocycles. The first-order valence-electron chi connectivity index (χ1n) is 10.6. The zero-order valence-electron chi connectivity index (χ0n) is 17.3. The maximum atomic E-state index is 13.3. The van der Waals surface area contributed by atoms with E-state index in [1.165, 1.54) is 35.3 Å². The summed E-state index contributed by atoms with van der Waals surface area (Å²) < 4.78 is 5.31. The third kappa shape index (κ3) is 3.77. The lowest BCUT2D eigenvalue weighted by atomic mass is 10.0. The molecule has 0 radical (unpaired) electrons. The third-order valence-corrected chi connectivity index (χ3v) is 7.36. The molecule has 0 bridgehead atoms. The number of nitrogens with zero attached hydrogens (tertiary/aromatic N) is 3. The molecule has 5 nitrogen and oxygen atoms in total. The van der Waals surface area contributed by atoms with Crippen LogP contribution in [0.5, 0.6) is 0 Å². The van der Waals surface area contributed by atoms with E-state index in [1.807, 2.05) is 13.8 Å². The van der Waals surface area contributed by atoms with Crippen LogP contribution in [-0.2, 0) is 19.5 Å². The molecule has 1 amide bonds. The van der Waals surface area contributed by atoms with Crippen molar-refractivity contribution in [1.82, 2.24) is 15.0 Å². The Morgan fingerprint density at radius 3 is 2.96 bits per heavy atom. The lowest BCUT2D eigenvalue weighted by molar-refractivity contribution is 0.0727. The fourth-order valence-electron chi connectivity index (χ4n) is 4.64. The SMILES string of the molecule is CCCCC1CCCN1C(=O)c1csc2c1CCN(Cc1c(C)noc1C)C2. The highest BCUT2D eigenvalue weighted by Crippen LogP contribution is 2.33. The first-order valence-corrected chi connectivity index (χ1v) is 11.5. The van der Waals surface area contributed by atoms with Crippen molar-refractivity contribution in [2.45, 2.75) is 78.4 Å². The summed E-state index contributed by atoms with van der Waals surface area (Å²) >= 11 is 1.75. The highest BCUT2D eigenvalue weighted by Gasteiger charge is 2.32. The Balaban J connectivity index is 1.46. The molecule has 4 rings (SSSR count). The van der Waals surface area contributed by atoms with Crippen molar-refractivity contribution in [2.24, 2.45) is 0 Å². The number of aromatic nitrogens is 1. The van der Waals surface area contributed by atoms with Crippen molar-refractivity contribution in [3.05, 3.63) is 38.4 Å². The minimum atomic E-state index is 0.273. The predicted molar refractivity (Wildman–Crippen MR) is 112 cm³/mol. The van der Waals surface area contributed by atoms with Gasteiger partial charge in [0.2, 0.25) is 0 Å². The quantitative estimate of drug-likeness (QED) is 0.704. The van der Waals surface area contributed by atoms with Gasteiger partial charge in [0.1, 0.15) is 5.76 Å². The molecular formula is C22H31N3O2S. The van der Waals surface area contributed by atoms with Gasteiger partial charge in [0, 0.05) is 48.0 Å². The van der Waals surface area contributed by atoms with E-state index in [1.54, 1.807) is 11.3 Å². The van der Waals surface area contributed by atoms with Gasteiger partial charge in [0.15, 0.2) is 0 Å². The second-order valence-corrected chi connectivity index (χ2v) is 9.22. The summed E-state index contributed by atoms with van der Waals surface area (Å²) in [7, 11) is 0. The number of hydrogen-bond acceptors (Lipinski definition) is 5. The van der Waals surface area contributed by atoms with Gasteiger partial charge < -0.3 is 9.42 Å². The van der Waals surface area contributed by atoms with Crippen molar-refractivity contribution in [1.29, 1.82) is 0 Å². The fraction of sp³-hybridized carbons (Fsp3) is 0.636. The van der Waals surface area contributed by atoms with E-state index in [-0.39, 0.29) is 5.91 Å². The number of rotatable bonds is 6. The molecule has 0 saturated carbocycles. The van der Waals surface area contributed by atoms with Gasteiger partial charge in [0.25, 0.3) is 5.91 Å². The number of likely N-dealkylation sites (tertiary alicyclic amines) is 1. The van der Waals surface area contributed by atoms with Crippen molar-refractivity contribution >= 4 is 17.2 Å². The minimum Gasteiger partial charge on any atom is -0.361 e. The zero-order valence-corrected chi connectivity index (χ0v) is 18.1. The van der Waals surface area contributed by atoms with E-state index < -0.39 is 0 Å². The van der Waals surface area contributed by atoms with E-state index in [0.29, 0.717) is 6.04 Å². The molecule has 0 aromatic carbocycles. The molecule has 28 heavy (non-hydrogen) atoms. The molecule has 2 aliphatic heterocycles. The van der Waals surface area contributed by atoms with Gasteiger partial charge in [-0.05, 0) is 45.1 Å². The normalized spacial score (nSPS) is 20.0. The van der Waals surface area contributed by atoms with Crippen LogP contribution in [0.25, 0.3) is 0 Å². The van der Waals surface area contributed by atoms with Crippen LogP contribution in [-0.4, -0.2) is 40.0 Å². The highest BCUT2D eigenvalue weighted by atomic mass is 32.1. The third-order valence-electron chi connectivity index (χ3n) is 6.35. The molecule has 2 aliphatic rings. The van der Waals surface area contributed by atoms with E-state index in [2.05, 4.69) is 27.3 Å². The van der Waals surface area contributed by atoms with Crippen molar-refractivity contribution < 1.29 is 9.32 Å². The summed E-state index contributed by atoms with van der Waals surface area (Å²) in [4.78, 5) is 19.2. The molecule has 0 aliphatic carbocycles. The molecule has 0 N–H and O–H groups in total.